The minimum Gasteiger partial charge on any atom is -0.462 e. The van der Waals surface area contributed by atoms with Gasteiger partial charge < -0.3 is 29.0 Å². The SMILES string of the molecule is CC[C@H]1OC(=O)CC[C@H](C)[C@@H](OC2OC(C)CC(N(C)C)C2O)[C@@H](CC=O)C[C@@H](C)C(=O)C=CC(C)=C[C@@H]1CCl. The van der Waals surface area contributed by atoms with Crippen molar-refractivity contribution in [2.75, 3.05) is 20.0 Å². The lowest BCUT2D eigenvalue weighted by atomic mass is 9.80. The smallest absolute Gasteiger partial charge is 0.306 e. The molecule has 2 aliphatic heterocycles. The molecule has 1 fully saturated rings. The van der Waals surface area contributed by atoms with Gasteiger partial charge >= 0.3 is 5.97 Å². The highest BCUT2D eigenvalue weighted by Crippen LogP contribution is 2.34. The molecule has 2 heterocycles. The number of aldehydes is 1. The molecule has 2 rings (SSSR count). The van der Waals surface area contributed by atoms with E-state index in [9.17, 15) is 19.5 Å². The highest BCUT2D eigenvalue weighted by molar-refractivity contribution is 6.18. The summed E-state index contributed by atoms with van der Waals surface area (Å²) in [7, 11) is 3.82. The molecular formula is C31H50ClNO7. The number of ether oxygens (including phenoxy) is 3. The van der Waals surface area contributed by atoms with Gasteiger partial charge in [-0.05, 0) is 71.5 Å². The third-order valence-corrected chi connectivity index (χ3v) is 8.62. The quantitative estimate of drug-likeness (QED) is 0.261. The van der Waals surface area contributed by atoms with Crippen LogP contribution in [0.5, 0.6) is 0 Å². The van der Waals surface area contributed by atoms with Crippen molar-refractivity contribution < 1.29 is 33.7 Å². The molecule has 1 N–H and O–H groups in total. The standard InChI is InChI=1S/C31H50ClNO7/c1-8-27-24(18-32)15-19(2)9-11-26(35)21(4)16-23(13-14-34)30(20(3)10-12-28(36)39-27)40-31-29(37)25(33(6)7)17-22(5)38-31/h9,11,14-15,20-25,27,29-31,37H,8,10,12-13,16-18H2,1-7H3/t20-,21+,22?,23-,24+,25?,27+,29?,30+,31?/m0/s1. The number of esters is 1. The summed E-state index contributed by atoms with van der Waals surface area (Å²) < 4.78 is 18.4. The van der Waals surface area contributed by atoms with Gasteiger partial charge in [-0.3, -0.25) is 9.59 Å². The number of carbonyl (C=O) groups is 3. The van der Waals surface area contributed by atoms with E-state index in [2.05, 4.69) is 0 Å². The molecule has 9 heteroatoms. The number of aliphatic hydroxyl groups excluding tert-OH is 1. The maximum atomic E-state index is 13.1. The minimum absolute atomic E-state index is 0.0433. The maximum Gasteiger partial charge on any atom is 0.306 e. The van der Waals surface area contributed by atoms with Crippen LogP contribution in [0.4, 0.5) is 0 Å². The number of carbonyl (C=O) groups excluding carboxylic acids is 3. The Hall–Kier alpha value is -1.58. The van der Waals surface area contributed by atoms with Crippen molar-refractivity contribution in [1.29, 1.82) is 0 Å². The van der Waals surface area contributed by atoms with Crippen LogP contribution in [0.15, 0.2) is 23.8 Å². The first kappa shape index (κ1) is 34.6. The number of cyclic esters (lactones) is 1. The van der Waals surface area contributed by atoms with Gasteiger partial charge in [0.05, 0.1) is 12.2 Å². The van der Waals surface area contributed by atoms with Gasteiger partial charge in [0.2, 0.25) is 0 Å². The number of nitrogens with zero attached hydrogens (tertiary/aromatic N) is 1. The van der Waals surface area contributed by atoms with E-state index in [1.807, 2.05) is 59.7 Å². The summed E-state index contributed by atoms with van der Waals surface area (Å²) in [5, 5.41) is 11.1. The van der Waals surface area contributed by atoms with Gasteiger partial charge in [0.1, 0.15) is 18.5 Å². The maximum absolute atomic E-state index is 13.1. The van der Waals surface area contributed by atoms with Gasteiger partial charge in [-0.1, -0.05) is 38.5 Å². The predicted molar refractivity (Wildman–Crippen MR) is 156 cm³/mol. The summed E-state index contributed by atoms with van der Waals surface area (Å²) in [6.07, 6.45) is 5.78. The summed E-state index contributed by atoms with van der Waals surface area (Å²) in [4.78, 5) is 39.8. The highest BCUT2D eigenvalue weighted by Gasteiger charge is 2.41. The molecule has 2 aliphatic rings. The Morgan fingerprint density at radius 3 is 2.48 bits per heavy atom. The third-order valence-electron chi connectivity index (χ3n) is 8.27. The van der Waals surface area contributed by atoms with Crippen LogP contribution in [0.3, 0.4) is 0 Å². The van der Waals surface area contributed by atoms with Crippen LogP contribution < -0.4 is 0 Å². The second kappa shape index (κ2) is 16.8. The Morgan fingerprint density at radius 2 is 1.88 bits per heavy atom. The molecule has 0 amide bonds. The molecule has 1 saturated heterocycles. The molecular weight excluding hydrogens is 534 g/mol. The van der Waals surface area contributed by atoms with Crippen molar-refractivity contribution in [3.63, 3.8) is 0 Å². The fraction of sp³-hybridized carbons (Fsp3) is 0.774. The summed E-state index contributed by atoms with van der Waals surface area (Å²) in [5.74, 6) is -1.09. The van der Waals surface area contributed by atoms with Gasteiger partial charge in [0.15, 0.2) is 12.1 Å². The molecule has 0 aromatic heterocycles. The van der Waals surface area contributed by atoms with Crippen LogP contribution >= 0.6 is 11.6 Å². The second-order valence-electron chi connectivity index (χ2n) is 11.9. The van der Waals surface area contributed by atoms with Crippen molar-refractivity contribution in [3.05, 3.63) is 23.8 Å². The van der Waals surface area contributed by atoms with E-state index < -0.39 is 18.5 Å². The number of likely N-dealkylation sites (N-methyl/N-ethyl adjacent to an activating group) is 1. The average Bonchev–Trinajstić information content (AvgIpc) is 2.91. The van der Waals surface area contributed by atoms with Crippen molar-refractivity contribution in [2.45, 2.75) is 110 Å². The lowest BCUT2D eigenvalue weighted by molar-refractivity contribution is -0.280. The summed E-state index contributed by atoms with van der Waals surface area (Å²) in [6, 6.07) is -0.155. The number of allylic oxidation sites excluding steroid dienone is 3. The number of hydrogen-bond acceptors (Lipinski definition) is 8. The van der Waals surface area contributed by atoms with Crippen molar-refractivity contribution in [1.82, 2.24) is 4.90 Å². The van der Waals surface area contributed by atoms with E-state index >= 15 is 0 Å². The van der Waals surface area contributed by atoms with E-state index in [1.54, 1.807) is 12.2 Å². The lowest BCUT2D eigenvalue weighted by Crippen LogP contribution is -2.55. The zero-order chi connectivity index (χ0) is 30.0. The van der Waals surface area contributed by atoms with Crippen LogP contribution in [0.25, 0.3) is 0 Å². The second-order valence-corrected chi connectivity index (χ2v) is 12.2. The topological polar surface area (TPSA) is 102 Å². The molecule has 4 unspecified atom stereocenters. The number of rotatable bonds is 7. The van der Waals surface area contributed by atoms with Gasteiger partial charge in [-0.25, -0.2) is 0 Å². The molecule has 0 aromatic carbocycles. The minimum atomic E-state index is -0.900. The molecule has 40 heavy (non-hydrogen) atoms. The summed E-state index contributed by atoms with van der Waals surface area (Å²) in [6.45, 7) is 9.62. The van der Waals surface area contributed by atoms with Gasteiger partial charge in [-0.2, -0.15) is 0 Å². The Morgan fingerprint density at radius 1 is 1.18 bits per heavy atom. The molecule has 0 bridgehead atoms. The fourth-order valence-corrected chi connectivity index (χ4v) is 6.10. The fourth-order valence-electron chi connectivity index (χ4n) is 5.81. The first-order valence-corrected chi connectivity index (χ1v) is 15.2. The van der Waals surface area contributed by atoms with Crippen LogP contribution in [0.1, 0.15) is 73.1 Å². The molecule has 0 aromatic rings. The number of aliphatic hydroxyl groups is 1. The number of alkyl halides is 1. The Labute approximate surface area is 245 Å². The zero-order valence-corrected chi connectivity index (χ0v) is 26.0. The van der Waals surface area contributed by atoms with Crippen LogP contribution in [0.2, 0.25) is 0 Å². The van der Waals surface area contributed by atoms with Crippen LogP contribution in [0, 0.1) is 23.7 Å². The first-order valence-electron chi connectivity index (χ1n) is 14.7. The summed E-state index contributed by atoms with van der Waals surface area (Å²) >= 11 is 6.24. The largest absolute Gasteiger partial charge is 0.462 e. The normalized spacial score (nSPS) is 37.2. The molecule has 0 spiro atoms. The Balaban J connectivity index is 2.43. The van der Waals surface area contributed by atoms with E-state index in [0.29, 0.717) is 25.7 Å². The molecule has 0 aliphatic carbocycles. The van der Waals surface area contributed by atoms with Gasteiger partial charge in [0, 0.05) is 36.6 Å². The molecule has 0 saturated carbocycles. The van der Waals surface area contributed by atoms with E-state index in [-0.39, 0.29) is 72.4 Å². The van der Waals surface area contributed by atoms with Crippen LogP contribution in [-0.2, 0) is 28.6 Å². The van der Waals surface area contributed by atoms with Crippen molar-refractivity contribution in [2.24, 2.45) is 23.7 Å². The molecule has 8 nitrogen and oxygen atoms in total. The van der Waals surface area contributed by atoms with E-state index in [4.69, 9.17) is 25.8 Å². The van der Waals surface area contributed by atoms with E-state index in [1.165, 1.54) is 0 Å². The molecule has 10 atom stereocenters. The Kier molecular flexibility index (Phi) is 14.5. The number of ketones is 1. The number of halogens is 1. The first-order chi connectivity index (χ1) is 18.9. The highest BCUT2D eigenvalue weighted by atomic mass is 35.5. The average molecular weight is 584 g/mol. The predicted octanol–water partition coefficient (Wildman–Crippen LogP) is 4.71. The summed E-state index contributed by atoms with van der Waals surface area (Å²) in [5.41, 5.74) is 0.861. The van der Waals surface area contributed by atoms with E-state index in [0.717, 1.165) is 11.9 Å². The zero-order valence-electron chi connectivity index (χ0n) is 25.3. The number of hydrogen-bond donors (Lipinski definition) is 1. The third kappa shape index (κ3) is 10.1. The molecule has 0 radical (unpaired) electrons. The van der Waals surface area contributed by atoms with Crippen LogP contribution in [-0.4, -0.2) is 84.8 Å². The lowest BCUT2D eigenvalue weighted by Gasteiger charge is -2.44. The van der Waals surface area contributed by atoms with Gasteiger partial charge in [0.25, 0.3) is 0 Å². The monoisotopic (exact) mass is 583 g/mol. The van der Waals surface area contributed by atoms with Crippen molar-refractivity contribution >= 4 is 29.6 Å². The van der Waals surface area contributed by atoms with Crippen molar-refractivity contribution in [3.8, 4) is 0 Å². The Bertz CT molecular complexity index is 891. The van der Waals surface area contributed by atoms with Gasteiger partial charge in [-0.15, -0.1) is 11.6 Å². The molecule has 228 valence electrons.